The van der Waals surface area contributed by atoms with Crippen molar-refractivity contribution in [1.82, 2.24) is 20.9 Å². The van der Waals surface area contributed by atoms with Crippen LogP contribution in [0.2, 0.25) is 0 Å². The lowest BCUT2D eigenvalue weighted by Crippen LogP contribution is -2.43. The van der Waals surface area contributed by atoms with Gasteiger partial charge in [0.05, 0.1) is 102 Å². The van der Waals surface area contributed by atoms with Crippen LogP contribution in [-0.4, -0.2) is 179 Å². The summed E-state index contributed by atoms with van der Waals surface area (Å²) in [6.45, 7) is 28.2. The molecule has 2 atom stereocenters. The Morgan fingerprint density at radius 2 is 0.586 bits per heavy atom. The molecule has 11 aromatic carbocycles. The van der Waals surface area contributed by atoms with Crippen molar-refractivity contribution in [3.63, 3.8) is 0 Å². The number of nitrogens with one attached hydrogen (secondary N) is 3. The zero-order valence-corrected chi connectivity index (χ0v) is 83.7. The van der Waals surface area contributed by atoms with Gasteiger partial charge >= 0.3 is 54.1 Å². The molecule has 2 unspecified atom stereocenters. The number of alkyl halides is 6. The summed E-state index contributed by atoms with van der Waals surface area (Å²) in [6, 6.07) is 57.0. The lowest BCUT2D eigenvalue weighted by atomic mass is 9.99. The van der Waals surface area contributed by atoms with Crippen molar-refractivity contribution in [1.29, 1.82) is 0 Å². The molecule has 0 aromatic heterocycles. The van der Waals surface area contributed by atoms with E-state index in [1.54, 1.807) is 109 Å². The maximum atomic E-state index is 13.7. The molecule has 0 bridgehead atoms. The second-order valence-electron chi connectivity index (χ2n) is 34.3. The summed E-state index contributed by atoms with van der Waals surface area (Å²) in [7, 11) is 0. The van der Waals surface area contributed by atoms with Crippen LogP contribution < -0.4 is 30.2 Å². The molecular weight excluding hydrogens is 1880 g/mol. The Bertz CT molecular complexity index is 6070. The minimum Gasteiger partial charge on any atom is -0.493 e. The Kier molecular flexibility index (Phi) is 44.6. The van der Waals surface area contributed by atoms with Crippen LogP contribution in [0.1, 0.15) is 232 Å². The molecule has 0 radical (unpaired) electrons. The van der Waals surface area contributed by atoms with Crippen molar-refractivity contribution in [2.24, 2.45) is 0 Å². The molecule has 0 aliphatic rings. The fourth-order valence-electron chi connectivity index (χ4n) is 15.0. The molecule has 11 rings (SSSR count). The summed E-state index contributed by atoms with van der Waals surface area (Å²) >= 11 is 0. The number of carbonyl (C=O) groups is 11. The first-order chi connectivity index (χ1) is 69.0. The third-order valence-electron chi connectivity index (χ3n) is 22.1. The highest BCUT2D eigenvalue weighted by molar-refractivity contribution is 6.00. The van der Waals surface area contributed by atoms with Crippen LogP contribution in [0.15, 0.2) is 231 Å². The molecule has 768 valence electrons. The van der Waals surface area contributed by atoms with E-state index in [0.717, 1.165) is 110 Å². The standard InChI is InChI=1S/C34H41NO8.C33H39NO5.C27H21F6NO5.C19H21NO4/c1-4-21-39-29-16-10-7-13-26(29)32(36)35(19-24-42-33(37)27-14-8-11-17-30(27)40-22-5-2)20-25-43-34(38)28-15-9-12-18-31(28)41-23-6-3;1-18-10-21(4)28(22(5)11-18)31(35)34-27(16-38-32(36)29-23(6)12-19(2)13-24(29)7)17-39-33(37)30-25(8)14-20(3)15-26(30)9;1-16-2-4-18(5-3-16)24(36)38-14-22(34-23(35)17-6-10-20(11-7-17)26(28,29)30)15-39-25(37)19-8-12-21(13-9-19)27(31,32)33;1-13-7-3-5-9-16(13)18(22)20-15(11-21)12-24-19(23)17-10-6-4-8-14(17)2/h7-18H,4-6,19-25H2,1-3H3;10-15,27H,16-17H2,1-9H3,(H,34,35);2-13,22H,14-15H2,1H3,(H,34,35);3-10,15,21H,11-12H2,1-2H3,(H,20,22). The SMILES string of the molecule is CCCOc1ccccc1C(=O)OCCN(CCOC(=O)c1ccccc1OCCC)C(=O)c1ccccc1OCCC.Cc1cc(C)c(C(=O)NC(COC(=O)c2c(C)cc(C)cc2C)COC(=O)c2c(C)cc(C)cc2C)c(C)c1.Cc1ccc(C(=O)OCC(COC(=O)c2ccc(C(F)(F)F)cc2)NC(=O)c2ccc(C(F)(F)F)cc2)cc1.Cc1ccccc1C(=O)NC(CO)COC(=O)c1ccccc1C. The summed E-state index contributed by atoms with van der Waals surface area (Å²) in [5, 5.41) is 17.5. The molecule has 26 nitrogen and oxygen atoms in total. The van der Waals surface area contributed by atoms with E-state index in [1.807, 2.05) is 165 Å². The topological polar surface area (TPSA) is 340 Å². The number of aliphatic hydroxyl groups excluding tert-OH is 1. The number of halogens is 6. The van der Waals surface area contributed by atoms with E-state index in [4.69, 9.17) is 47.4 Å². The number of nitrogens with zero attached hydrogens (tertiary/aromatic N) is 1. The van der Waals surface area contributed by atoms with Crippen molar-refractivity contribution in [2.75, 3.05) is 85.8 Å². The lowest BCUT2D eigenvalue weighted by molar-refractivity contribution is -0.138. The van der Waals surface area contributed by atoms with Crippen LogP contribution in [0.3, 0.4) is 0 Å². The van der Waals surface area contributed by atoms with Crippen LogP contribution in [-0.2, 0) is 45.5 Å². The minimum atomic E-state index is -4.60. The van der Waals surface area contributed by atoms with Crippen LogP contribution in [0.25, 0.3) is 0 Å². The van der Waals surface area contributed by atoms with Gasteiger partial charge in [-0.25, -0.2) is 33.6 Å². The Morgan fingerprint density at radius 3 is 0.959 bits per heavy atom. The van der Waals surface area contributed by atoms with Gasteiger partial charge in [0.15, 0.2) is 0 Å². The first-order valence-electron chi connectivity index (χ1n) is 47.0. The van der Waals surface area contributed by atoms with Gasteiger partial charge in [-0.15, -0.1) is 0 Å². The summed E-state index contributed by atoms with van der Waals surface area (Å²) in [5.74, 6) is -4.77. The quantitative estimate of drug-likeness (QED) is 0.0157. The number of benzene rings is 11. The van der Waals surface area contributed by atoms with Crippen molar-refractivity contribution in [3.05, 3.63) is 370 Å². The minimum absolute atomic E-state index is 0.0679. The number of esters is 7. The average molecular weight is 2000 g/mol. The molecule has 145 heavy (non-hydrogen) atoms. The van der Waals surface area contributed by atoms with E-state index in [0.29, 0.717) is 106 Å². The van der Waals surface area contributed by atoms with Gasteiger partial charge < -0.3 is 73.3 Å². The maximum Gasteiger partial charge on any atom is 0.416 e. The molecule has 0 heterocycles. The second-order valence-corrected chi connectivity index (χ2v) is 34.3. The van der Waals surface area contributed by atoms with Crippen LogP contribution in [0.4, 0.5) is 26.3 Å². The van der Waals surface area contributed by atoms with Crippen LogP contribution in [0, 0.1) is 83.1 Å². The third kappa shape index (κ3) is 35.6. The molecule has 0 aliphatic carbocycles. The number of hydrogen-bond donors (Lipinski definition) is 4. The largest absolute Gasteiger partial charge is 0.493 e. The molecule has 11 aromatic rings. The number of aliphatic hydroxyl groups is 1. The Balaban J connectivity index is 0.000000240. The number of aryl methyl sites for hydroxylation is 12. The molecule has 0 saturated heterocycles. The molecule has 32 heteroatoms. The first kappa shape index (κ1) is 115. The highest BCUT2D eigenvalue weighted by atomic mass is 19.4. The van der Waals surface area contributed by atoms with Crippen LogP contribution in [0.5, 0.6) is 17.2 Å². The number of ether oxygens (including phenoxy) is 10. The van der Waals surface area contributed by atoms with E-state index in [1.165, 1.54) is 17.0 Å². The van der Waals surface area contributed by atoms with E-state index in [9.17, 15) is 84.2 Å². The van der Waals surface area contributed by atoms with E-state index < -0.39 is 103 Å². The summed E-state index contributed by atoms with van der Waals surface area (Å²) in [5.41, 5.74) is 12.1. The smallest absolute Gasteiger partial charge is 0.416 e. The lowest BCUT2D eigenvalue weighted by Gasteiger charge is -2.24. The zero-order chi connectivity index (χ0) is 106. The first-order valence-corrected chi connectivity index (χ1v) is 47.0. The monoisotopic (exact) mass is 2000 g/mol. The van der Waals surface area contributed by atoms with Gasteiger partial charge in [0, 0.05) is 16.7 Å². The number of para-hydroxylation sites is 3. The molecule has 0 aliphatic heterocycles. The highest BCUT2D eigenvalue weighted by Gasteiger charge is 2.34. The van der Waals surface area contributed by atoms with Gasteiger partial charge in [-0.3, -0.25) is 19.2 Å². The number of amides is 4. The van der Waals surface area contributed by atoms with Gasteiger partial charge in [0.1, 0.15) is 74.6 Å². The summed E-state index contributed by atoms with van der Waals surface area (Å²) in [4.78, 5) is 142. The molecule has 0 fully saturated rings. The second kappa shape index (κ2) is 56.4. The number of carbonyl (C=O) groups excluding carboxylic acids is 11. The number of hydrogen-bond acceptors (Lipinski definition) is 22. The van der Waals surface area contributed by atoms with E-state index in [-0.39, 0.29) is 87.1 Å². The molecule has 0 spiro atoms. The van der Waals surface area contributed by atoms with Crippen LogP contribution >= 0.6 is 0 Å². The van der Waals surface area contributed by atoms with E-state index >= 15 is 0 Å². The fourth-order valence-corrected chi connectivity index (χ4v) is 15.0. The normalized spacial score (nSPS) is 11.3. The average Bonchev–Trinajstić information content (AvgIpc) is 0.812. The highest BCUT2D eigenvalue weighted by Crippen LogP contribution is 2.33. The van der Waals surface area contributed by atoms with Gasteiger partial charge in [0.25, 0.3) is 23.6 Å². The van der Waals surface area contributed by atoms with E-state index in [2.05, 4.69) is 16.0 Å². The van der Waals surface area contributed by atoms with Crippen molar-refractivity contribution in [3.8, 4) is 17.2 Å². The van der Waals surface area contributed by atoms with Gasteiger partial charge in [0.2, 0.25) is 0 Å². The molecular formula is C113H122F6N4O22. The van der Waals surface area contributed by atoms with Crippen molar-refractivity contribution >= 4 is 65.4 Å². The maximum absolute atomic E-state index is 13.7. The predicted molar refractivity (Wildman–Crippen MR) is 534 cm³/mol. The summed E-state index contributed by atoms with van der Waals surface area (Å²) in [6.07, 6.45) is -6.83. The van der Waals surface area contributed by atoms with Gasteiger partial charge in [-0.05, 0) is 256 Å². The number of rotatable bonds is 40. The summed E-state index contributed by atoms with van der Waals surface area (Å²) < 4.78 is 132. The van der Waals surface area contributed by atoms with Crippen molar-refractivity contribution in [2.45, 2.75) is 154 Å². The van der Waals surface area contributed by atoms with Crippen molar-refractivity contribution < 1.29 is 132 Å². The molecule has 4 N–H and O–H groups in total. The zero-order valence-electron chi connectivity index (χ0n) is 83.7. The molecule has 0 saturated carbocycles. The Morgan fingerprint density at radius 1 is 0.290 bits per heavy atom. The van der Waals surface area contributed by atoms with Gasteiger partial charge in [-0.2, -0.15) is 26.3 Å². The third-order valence-corrected chi connectivity index (χ3v) is 22.1. The Hall–Kier alpha value is -15.5. The molecule has 4 amide bonds. The Labute approximate surface area is 839 Å². The fraction of sp³-hybridized carbons (Fsp3) is 0.319. The van der Waals surface area contributed by atoms with Gasteiger partial charge in [-0.1, -0.05) is 164 Å². The predicted octanol–water partition coefficient (Wildman–Crippen LogP) is 20.6.